The van der Waals surface area contributed by atoms with Crippen LogP contribution >= 0.6 is 0 Å². The Morgan fingerprint density at radius 3 is 2.73 bits per heavy atom. The van der Waals surface area contributed by atoms with Gasteiger partial charge < -0.3 is 31.0 Å². The van der Waals surface area contributed by atoms with E-state index in [1.807, 2.05) is 6.07 Å². The predicted octanol–water partition coefficient (Wildman–Crippen LogP) is 1.40. The van der Waals surface area contributed by atoms with E-state index in [4.69, 9.17) is 30.9 Å². The Hall–Kier alpha value is -4.71. The van der Waals surface area contributed by atoms with Crippen molar-refractivity contribution in [3.63, 3.8) is 0 Å². The van der Waals surface area contributed by atoms with Crippen LogP contribution in [0.2, 0.25) is 0 Å². The zero-order chi connectivity index (χ0) is 24.1. The molecule has 33 heavy (non-hydrogen) atoms. The van der Waals surface area contributed by atoms with Crippen molar-refractivity contribution < 1.29 is 19.0 Å². The molecular weight excluding hydrogens is 428 g/mol. The molecule has 0 fully saturated rings. The van der Waals surface area contributed by atoms with Crippen molar-refractivity contribution >= 4 is 29.3 Å². The molecule has 170 valence electrons. The van der Waals surface area contributed by atoms with E-state index in [9.17, 15) is 10.1 Å². The Morgan fingerprint density at radius 1 is 1.33 bits per heavy atom. The van der Waals surface area contributed by atoms with E-state index in [0.717, 1.165) is 0 Å². The average molecular weight is 450 g/mol. The van der Waals surface area contributed by atoms with Gasteiger partial charge >= 0.3 is 5.97 Å². The van der Waals surface area contributed by atoms with E-state index in [0.29, 0.717) is 29.2 Å². The molecule has 1 aliphatic heterocycles. The predicted molar refractivity (Wildman–Crippen MR) is 119 cm³/mol. The summed E-state index contributed by atoms with van der Waals surface area (Å²) in [5.74, 6) is 0.495. The van der Waals surface area contributed by atoms with Gasteiger partial charge in [0, 0.05) is 5.56 Å². The molecule has 6 N–H and O–H groups in total. The SMILES string of the molecule is CCOc1cc(C2N=C(NC#N)Nc3nc(N)c(C#N)c(N)c32)ccc1OC(C)C(=O)OC. The standard InChI is InChI=1S/C21H22N8O4/c1-4-32-14-7-11(5-6-13(14)33-10(2)20(30)31-3)17-15-16(24)12(8-22)18(25)28-19(15)29-21(27-17)26-9-23/h5-7,10,17H,4H2,1-3H3,(H6,24,25,26,27,28,29). The first kappa shape index (κ1) is 23.0. The minimum Gasteiger partial charge on any atom is -0.490 e. The molecule has 2 heterocycles. The molecule has 12 nitrogen and oxygen atoms in total. The third-order valence-corrected chi connectivity index (χ3v) is 4.78. The molecule has 1 aliphatic rings. The molecule has 1 aromatic carbocycles. The summed E-state index contributed by atoms with van der Waals surface area (Å²) in [6.45, 7) is 3.69. The molecule has 2 aromatic rings. The van der Waals surface area contributed by atoms with E-state index >= 15 is 0 Å². The van der Waals surface area contributed by atoms with Crippen molar-refractivity contribution in [3.8, 4) is 23.8 Å². The van der Waals surface area contributed by atoms with Gasteiger partial charge in [-0.3, -0.25) is 5.32 Å². The van der Waals surface area contributed by atoms with Crippen molar-refractivity contribution in [2.75, 3.05) is 30.5 Å². The number of aromatic nitrogens is 1. The number of guanidine groups is 1. The van der Waals surface area contributed by atoms with Crippen LogP contribution in [0.25, 0.3) is 0 Å². The summed E-state index contributed by atoms with van der Waals surface area (Å²) in [6, 6.07) is 6.22. The van der Waals surface area contributed by atoms with Crippen LogP contribution in [0.1, 0.15) is 36.6 Å². The molecular formula is C21H22N8O4. The molecule has 0 spiro atoms. The minimum absolute atomic E-state index is 0.0318. The first-order valence-corrected chi connectivity index (χ1v) is 9.84. The molecule has 0 saturated carbocycles. The molecule has 2 unspecified atom stereocenters. The zero-order valence-corrected chi connectivity index (χ0v) is 18.2. The van der Waals surface area contributed by atoms with Crippen LogP contribution in [-0.2, 0) is 9.53 Å². The largest absolute Gasteiger partial charge is 0.490 e. The van der Waals surface area contributed by atoms with E-state index in [2.05, 4.69) is 20.6 Å². The lowest BCUT2D eigenvalue weighted by molar-refractivity contribution is -0.147. The van der Waals surface area contributed by atoms with E-state index in [1.165, 1.54) is 7.11 Å². The number of nitriles is 2. The van der Waals surface area contributed by atoms with Crippen LogP contribution < -0.4 is 31.6 Å². The maximum absolute atomic E-state index is 11.8. The van der Waals surface area contributed by atoms with Crippen LogP contribution in [0.15, 0.2) is 23.2 Å². The van der Waals surface area contributed by atoms with Gasteiger partial charge in [0.2, 0.25) is 5.96 Å². The second kappa shape index (κ2) is 9.62. The summed E-state index contributed by atoms with van der Waals surface area (Å²) < 4.78 is 16.1. The number of esters is 1. The van der Waals surface area contributed by atoms with Crippen LogP contribution in [-0.4, -0.2) is 36.7 Å². The zero-order valence-electron chi connectivity index (χ0n) is 18.2. The number of ether oxygens (including phenoxy) is 3. The van der Waals surface area contributed by atoms with Gasteiger partial charge in [0.05, 0.1) is 19.4 Å². The van der Waals surface area contributed by atoms with Crippen LogP contribution in [0, 0.1) is 22.8 Å². The lowest BCUT2D eigenvalue weighted by atomic mass is 9.95. The number of nitrogens with one attached hydrogen (secondary N) is 2. The fourth-order valence-corrected chi connectivity index (χ4v) is 3.29. The number of rotatable bonds is 6. The fourth-order valence-electron chi connectivity index (χ4n) is 3.29. The molecule has 12 heteroatoms. The highest BCUT2D eigenvalue weighted by Crippen LogP contribution is 2.42. The third kappa shape index (κ3) is 4.50. The van der Waals surface area contributed by atoms with E-state index < -0.39 is 18.1 Å². The Bertz CT molecular complexity index is 1200. The number of fused-ring (bicyclic) bond motifs is 1. The molecule has 0 saturated heterocycles. The monoisotopic (exact) mass is 450 g/mol. The number of aliphatic imine (C=N–C) groups is 1. The normalized spacial score (nSPS) is 14.9. The Morgan fingerprint density at radius 2 is 2.09 bits per heavy atom. The number of carbonyl (C=O) groups excluding carboxylic acids is 1. The first-order valence-electron chi connectivity index (χ1n) is 9.84. The van der Waals surface area contributed by atoms with Crippen LogP contribution in [0.5, 0.6) is 11.5 Å². The highest BCUT2D eigenvalue weighted by atomic mass is 16.6. The number of benzene rings is 1. The van der Waals surface area contributed by atoms with Gasteiger partial charge in [0.1, 0.15) is 29.3 Å². The maximum Gasteiger partial charge on any atom is 0.346 e. The summed E-state index contributed by atoms with van der Waals surface area (Å²) in [7, 11) is 1.27. The number of carbonyl (C=O) groups is 1. The van der Waals surface area contributed by atoms with Gasteiger partial charge in [-0.2, -0.15) is 10.5 Å². The Labute approximate surface area is 189 Å². The first-order chi connectivity index (χ1) is 15.8. The smallest absolute Gasteiger partial charge is 0.346 e. The van der Waals surface area contributed by atoms with E-state index in [1.54, 1.807) is 38.2 Å². The fraction of sp³-hybridized carbons (Fsp3) is 0.286. The van der Waals surface area contributed by atoms with Gasteiger partial charge in [-0.25, -0.2) is 14.8 Å². The van der Waals surface area contributed by atoms with Crippen molar-refractivity contribution in [3.05, 3.63) is 34.9 Å². The Balaban J connectivity index is 2.13. The summed E-state index contributed by atoms with van der Waals surface area (Å²) in [6.07, 6.45) is 0.940. The number of methoxy groups -OCH3 is 1. The summed E-state index contributed by atoms with van der Waals surface area (Å²) in [5, 5.41) is 23.8. The second-order valence-corrected chi connectivity index (χ2v) is 6.82. The number of anilines is 3. The second-order valence-electron chi connectivity index (χ2n) is 6.82. The van der Waals surface area contributed by atoms with Crippen LogP contribution in [0.3, 0.4) is 0 Å². The van der Waals surface area contributed by atoms with Gasteiger partial charge in [0.15, 0.2) is 23.8 Å². The van der Waals surface area contributed by atoms with E-state index in [-0.39, 0.29) is 28.8 Å². The number of hydrogen-bond acceptors (Lipinski definition) is 12. The topological polar surface area (TPSA) is 194 Å². The summed E-state index contributed by atoms with van der Waals surface area (Å²) in [5.41, 5.74) is 13.3. The molecule has 0 amide bonds. The molecule has 0 bridgehead atoms. The lowest BCUT2D eigenvalue weighted by Gasteiger charge is -2.26. The van der Waals surface area contributed by atoms with Crippen LogP contribution in [0.4, 0.5) is 17.3 Å². The van der Waals surface area contributed by atoms with Gasteiger partial charge in [-0.1, -0.05) is 6.07 Å². The third-order valence-electron chi connectivity index (χ3n) is 4.78. The number of pyridine rings is 1. The van der Waals surface area contributed by atoms with Crippen molar-refractivity contribution in [2.45, 2.75) is 26.0 Å². The average Bonchev–Trinajstić information content (AvgIpc) is 2.79. The number of nitrogens with two attached hydrogens (primary N) is 2. The number of nitrogens with zero attached hydrogens (tertiary/aromatic N) is 4. The van der Waals surface area contributed by atoms with Gasteiger partial charge in [-0.05, 0) is 31.5 Å². The highest BCUT2D eigenvalue weighted by Gasteiger charge is 2.30. The summed E-state index contributed by atoms with van der Waals surface area (Å²) in [4.78, 5) is 20.5. The maximum atomic E-state index is 11.8. The van der Waals surface area contributed by atoms with Gasteiger partial charge in [0.25, 0.3) is 0 Å². The molecule has 2 atom stereocenters. The van der Waals surface area contributed by atoms with Gasteiger partial charge in [-0.15, -0.1) is 0 Å². The molecule has 0 aliphatic carbocycles. The minimum atomic E-state index is -0.856. The lowest BCUT2D eigenvalue weighted by Crippen LogP contribution is -2.32. The highest BCUT2D eigenvalue weighted by molar-refractivity contribution is 5.98. The Kier molecular flexibility index (Phi) is 6.69. The molecule has 0 radical (unpaired) electrons. The number of nitrogen functional groups attached to an aromatic ring is 2. The number of hydrogen-bond donors (Lipinski definition) is 4. The van der Waals surface area contributed by atoms with Crippen molar-refractivity contribution in [1.29, 1.82) is 10.5 Å². The quantitative estimate of drug-likeness (QED) is 0.282. The van der Waals surface area contributed by atoms with Crippen molar-refractivity contribution in [1.82, 2.24) is 10.3 Å². The molecule has 1 aromatic heterocycles. The summed E-state index contributed by atoms with van der Waals surface area (Å²) >= 11 is 0. The van der Waals surface area contributed by atoms with Crippen molar-refractivity contribution in [2.24, 2.45) is 4.99 Å². The molecule has 3 rings (SSSR count).